The summed E-state index contributed by atoms with van der Waals surface area (Å²) in [4.78, 5) is 33.7. The topological polar surface area (TPSA) is 155 Å². The molecule has 0 heterocycles. The summed E-state index contributed by atoms with van der Waals surface area (Å²) >= 11 is 0. The molecule has 0 aromatic carbocycles. The van der Waals surface area contributed by atoms with Crippen LogP contribution in [0, 0.1) is 0 Å². The third-order valence-electron chi connectivity index (χ3n) is 11.2. The summed E-state index contributed by atoms with van der Waals surface area (Å²) in [7, 11) is -4.62. The Balaban J connectivity index is 4.13. The zero-order valence-electron chi connectivity index (χ0n) is 39.5. The van der Waals surface area contributed by atoms with Crippen molar-refractivity contribution in [1.82, 2.24) is 0 Å². The highest BCUT2D eigenvalue weighted by Crippen LogP contribution is 2.43. The van der Waals surface area contributed by atoms with Crippen LogP contribution in [0.2, 0.25) is 0 Å². The Morgan fingerprint density at radius 3 is 1.25 bits per heavy atom. The van der Waals surface area contributed by atoms with E-state index in [1.54, 1.807) is 0 Å². The summed E-state index contributed by atoms with van der Waals surface area (Å²) in [6.07, 6.45) is 52.3. The van der Waals surface area contributed by atoms with Crippen LogP contribution in [0.4, 0.5) is 0 Å². The number of aliphatic carboxylic acids is 1. The first-order valence-electron chi connectivity index (χ1n) is 25.4. The molecule has 0 aromatic heterocycles. The molecule has 360 valence electrons. The average Bonchev–Trinajstić information content (AvgIpc) is 3.24. The van der Waals surface area contributed by atoms with Gasteiger partial charge in [-0.1, -0.05) is 199 Å². The van der Waals surface area contributed by atoms with Crippen LogP contribution in [0.5, 0.6) is 0 Å². The molecule has 0 saturated heterocycles. The molecular formula is C50H96NO9P. The molecule has 10 nitrogen and oxygen atoms in total. The van der Waals surface area contributed by atoms with Crippen molar-refractivity contribution in [2.24, 2.45) is 5.73 Å². The number of unbranched alkanes of at least 4 members (excludes halogenated alkanes) is 31. The highest BCUT2D eigenvalue weighted by atomic mass is 31.2. The lowest BCUT2D eigenvalue weighted by molar-refractivity contribution is -0.154. The fourth-order valence-electron chi connectivity index (χ4n) is 7.24. The Labute approximate surface area is 374 Å². The molecule has 11 heteroatoms. The molecule has 0 rings (SSSR count). The SMILES string of the molecule is CCCCCCCC/C=C\CCCCCCCCCCOCC(COP(=O)(O)OCC(N)C(=O)O)OC(=O)CCCCCCCCCCC/C=C\CCCCCCCCCC. The number of esters is 1. The molecule has 4 N–H and O–H groups in total. The molecule has 0 spiro atoms. The quantitative estimate of drug-likeness (QED) is 0.0233. The lowest BCUT2D eigenvalue weighted by Gasteiger charge is -2.20. The number of phosphoric acid groups is 1. The Morgan fingerprint density at radius 2 is 0.852 bits per heavy atom. The third-order valence-corrected chi connectivity index (χ3v) is 12.2. The van der Waals surface area contributed by atoms with Gasteiger partial charge in [0.15, 0.2) is 0 Å². The molecule has 61 heavy (non-hydrogen) atoms. The van der Waals surface area contributed by atoms with E-state index in [9.17, 15) is 19.0 Å². The van der Waals surface area contributed by atoms with Gasteiger partial charge in [0, 0.05) is 13.0 Å². The second-order valence-electron chi connectivity index (χ2n) is 17.3. The van der Waals surface area contributed by atoms with Gasteiger partial charge in [-0.25, -0.2) is 4.57 Å². The number of hydrogen-bond acceptors (Lipinski definition) is 8. The number of hydrogen-bond donors (Lipinski definition) is 3. The van der Waals surface area contributed by atoms with Crippen LogP contribution in [0.3, 0.4) is 0 Å². The number of carbonyl (C=O) groups excluding carboxylic acids is 1. The maximum atomic E-state index is 12.7. The fourth-order valence-corrected chi connectivity index (χ4v) is 8.02. The number of ether oxygens (including phenoxy) is 2. The lowest BCUT2D eigenvalue weighted by atomic mass is 10.1. The first-order chi connectivity index (χ1) is 29.7. The van der Waals surface area contributed by atoms with E-state index in [0.29, 0.717) is 13.0 Å². The van der Waals surface area contributed by atoms with Crippen molar-refractivity contribution in [2.75, 3.05) is 26.4 Å². The molecule has 0 radical (unpaired) electrons. The summed E-state index contributed by atoms with van der Waals surface area (Å²) < 4.78 is 33.5. The molecule has 0 aliphatic carbocycles. The number of carboxylic acid groups (broad SMARTS) is 1. The minimum atomic E-state index is -4.62. The van der Waals surface area contributed by atoms with Gasteiger partial charge in [0.25, 0.3) is 0 Å². The number of carboxylic acids is 1. The number of phosphoric ester groups is 1. The Hall–Kier alpha value is -1.55. The number of carbonyl (C=O) groups is 2. The fraction of sp³-hybridized carbons (Fsp3) is 0.880. The van der Waals surface area contributed by atoms with Crippen molar-refractivity contribution in [2.45, 2.75) is 257 Å². The molecule has 3 unspecified atom stereocenters. The van der Waals surface area contributed by atoms with Crippen LogP contribution in [-0.2, 0) is 32.7 Å². The Kier molecular flexibility index (Phi) is 45.3. The molecular weight excluding hydrogens is 790 g/mol. The van der Waals surface area contributed by atoms with Gasteiger partial charge in [-0.15, -0.1) is 0 Å². The summed E-state index contributed by atoms with van der Waals surface area (Å²) in [5, 5.41) is 8.92. The van der Waals surface area contributed by atoms with Crippen molar-refractivity contribution >= 4 is 19.8 Å². The van der Waals surface area contributed by atoms with Crippen LogP contribution in [0.1, 0.15) is 245 Å². The van der Waals surface area contributed by atoms with Gasteiger partial charge in [-0.05, 0) is 64.2 Å². The molecule has 0 aliphatic rings. The second kappa shape index (κ2) is 46.4. The second-order valence-corrected chi connectivity index (χ2v) is 18.7. The van der Waals surface area contributed by atoms with Crippen molar-refractivity contribution in [3.05, 3.63) is 24.3 Å². The van der Waals surface area contributed by atoms with E-state index in [0.717, 1.165) is 38.5 Å². The van der Waals surface area contributed by atoms with Gasteiger partial charge >= 0.3 is 19.8 Å². The summed E-state index contributed by atoms with van der Waals surface area (Å²) in [6.45, 7) is 3.91. The molecule has 0 amide bonds. The van der Waals surface area contributed by atoms with Gasteiger partial charge in [0.2, 0.25) is 0 Å². The van der Waals surface area contributed by atoms with E-state index in [-0.39, 0.29) is 13.0 Å². The Morgan fingerprint density at radius 1 is 0.508 bits per heavy atom. The van der Waals surface area contributed by atoms with E-state index < -0.39 is 45.1 Å². The average molecular weight is 886 g/mol. The van der Waals surface area contributed by atoms with Crippen molar-refractivity contribution in [3.63, 3.8) is 0 Å². The van der Waals surface area contributed by atoms with E-state index in [1.807, 2.05) is 0 Å². The predicted octanol–water partition coefficient (Wildman–Crippen LogP) is 14.7. The van der Waals surface area contributed by atoms with Crippen molar-refractivity contribution in [3.8, 4) is 0 Å². The zero-order chi connectivity index (χ0) is 44.8. The zero-order valence-corrected chi connectivity index (χ0v) is 40.4. The van der Waals surface area contributed by atoms with E-state index in [4.69, 9.17) is 29.4 Å². The molecule has 0 saturated carbocycles. The third kappa shape index (κ3) is 46.3. The molecule has 0 fully saturated rings. The molecule has 0 bridgehead atoms. The predicted molar refractivity (Wildman–Crippen MR) is 254 cm³/mol. The largest absolute Gasteiger partial charge is 0.480 e. The van der Waals surface area contributed by atoms with E-state index >= 15 is 0 Å². The normalized spacial score (nSPS) is 13.9. The highest BCUT2D eigenvalue weighted by molar-refractivity contribution is 7.47. The van der Waals surface area contributed by atoms with Gasteiger partial charge < -0.3 is 25.2 Å². The Bertz CT molecular complexity index is 1070. The van der Waals surface area contributed by atoms with E-state index in [2.05, 4.69) is 38.2 Å². The summed E-state index contributed by atoms with van der Waals surface area (Å²) in [5.41, 5.74) is 5.37. The van der Waals surface area contributed by atoms with Crippen LogP contribution < -0.4 is 5.73 Å². The number of nitrogens with two attached hydrogens (primary N) is 1. The van der Waals surface area contributed by atoms with Gasteiger partial charge in [-0.2, -0.15) is 0 Å². The van der Waals surface area contributed by atoms with Gasteiger partial charge in [-0.3, -0.25) is 18.6 Å². The van der Waals surface area contributed by atoms with Crippen molar-refractivity contribution in [1.29, 1.82) is 0 Å². The van der Waals surface area contributed by atoms with Crippen molar-refractivity contribution < 1.29 is 42.7 Å². The summed E-state index contributed by atoms with van der Waals surface area (Å²) in [6, 6.07) is -1.47. The molecule has 0 aliphatic heterocycles. The highest BCUT2D eigenvalue weighted by Gasteiger charge is 2.27. The standard InChI is InChI=1S/C50H96NO9P/c1-3-5-7-9-11-13-15-17-19-21-23-24-25-26-28-30-32-34-36-38-40-42-49(52)60-47(45-58-61(55,56)59-46-48(51)50(53)54)44-57-43-41-39-37-35-33-31-29-27-22-20-18-16-14-12-10-8-6-4-2/h18,20-21,23,47-48H,3-17,19,22,24-46,51H2,1-2H3,(H,53,54)(H,55,56)/b20-18-,23-21-. The van der Waals surface area contributed by atoms with E-state index in [1.165, 1.54) is 180 Å². The maximum absolute atomic E-state index is 12.7. The minimum absolute atomic E-state index is 0.0172. The maximum Gasteiger partial charge on any atom is 0.472 e. The minimum Gasteiger partial charge on any atom is -0.480 e. The van der Waals surface area contributed by atoms with Gasteiger partial charge in [0.05, 0.1) is 19.8 Å². The van der Waals surface area contributed by atoms with Crippen LogP contribution in [-0.4, -0.2) is 60.5 Å². The first-order valence-corrected chi connectivity index (χ1v) is 26.9. The van der Waals surface area contributed by atoms with Crippen LogP contribution in [0.25, 0.3) is 0 Å². The monoisotopic (exact) mass is 886 g/mol. The lowest BCUT2D eigenvalue weighted by Crippen LogP contribution is -2.34. The summed E-state index contributed by atoms with van der Waals surface area (Å²) in [5.74, 6) is -1.77. The van der Waals surface area contributed by atoms with Crippen LogP contribution in [0.15, 0.2) is 24.3 Å². The van der Waals surface area contributed by atoms with Gasteiger partial charge in [0.1, 0.15) is 12.1 Å². The number of rotatable bonds is 49. The number of allylic oxidation sites excluding steroid dienone is 4. The van der Waals surface area contributed by atoms with Crippen LogP contribution >= 0.6 is 7.82 Å². The smallest absolute Gasteiger partial charge is 0.472 e. The first kappa shape index (κ1) is 59.5. The molecule has 3 atom stereocenters. The molecule has 0 aromatic rings.